The highest BCUT2D eigenvalue weighted by Gasteiger charge is 2.11. The zero-order valence-electron chi connectivity index (χ0n) is 13.3. The molecule has 1 atom stereocenters. The van der Waals surface area contributed by atoms with Crippen LogP contribution in [0.25, 0.3) is 0 Å². The lowest BCUT2D eigenvalue weighted by Crippen LogP contribution is -2.18. The second-order valence-electron chi connectivity index (χ2n) is 5.48. The van der Waals surface area contributed by atoms with E-state index in [1.807, 2.05) is 19.3 Å². The van der Waals surface area contributed by atoms with Gasteiger partial charge in [-0.2, -0.15) is 0 Å². The lowest BCUT2D eigenvalue weighted by Gasteiger charge is -2.18. The van der Waals surface area contributed by atoms with Crippen LogP contribution < -0.4 is 10.1 Å². The Labute approximate surface area is 127 Å². The van der Waals surface area contributed by atoms with Crippen LogP contribution in [0.4, 0.5) is 0 Å². The summed E-state index contributed by atoms with van der Waals surface area (Å²) in [7, 11) is 0. The van der Waals surface area contributed by atoms with Crippen molar-refractivity contribution >= 4 is 0 Å². The minimum absolute atomic E-state index is 0.279. The number of hydrogen-bond acceptors (Lipinski definition) is 3. The molecule has 0 aliphatic heterocycles. The third-order valence-corrected chi connectivity index (χ3v) is 3.47. The molecule has 0 bridgehead atoms. The predicted molar refractivity (Wildman–Crippen MR) is 86.6 cm³/mol. The molecule has 0 saturated heterocycles. The van der Waals surface area contributed by atoms with E-state index in [1.54, 1.807) is 0 Å². The highest BCUT2D eigenvalue weighted by atomic mass is 16.5. The van der Waals surface area contributed by atoms with E-state index in [-0.39, 0.29) is 6.04 Å². The van der Waals surface area contributed by atoms with Gasteiger partial charge in [-0.25, -0.2) is 0 Å². The topological polar surface area (TPSA) is 34.1 Å². The molecule has 2 rings (SSSR count). The van der Waals surface area contributed by atoms with Gasteiger partial charge in [0.2, 0.25) is 0 Å². The van der Waals surface area contributed by atoms with E-state index in [0.29, 0.717) is 6.61 Å². The third kappa shape index (κ3) is 4.30. The van der Waals surface area contributed by atoms with Crippen LogP contribution in [0.5, 0.6) is 5.75 Å². The van der Waals surface area contributed by atoms with Gasteiger partial charge in [-0.3, -0.25) is 4.98 Å². The lowest BCUT2D eigenvalue weighted by molar-refractivity contribution is 0.299. The van der Waals surface area contributed by atoms with Crippen LogP contribution in [0.2, 0.25) is 0 Å². The number of aromatic nitrogens is 1. The van der Waals surface area contributed by atoms with Crippen molar-refractivity contribution in [3.63, 3.8) is 0 Å². The van der Waals surface area contributed by atoms with Gasteiger partial charge < -0.3 is 10.1 Å². The van der Waals surface area contributed by atoms with E-state index in [0.717, 1.165) is 23.4 Å². The monoisotopic (exact) mass is 284 g/mol. The summed E-state index contributed by atoms with van der Waals surface area (Å²) < 4.78 is 6.05. The van der Waals surface area contributed by atoms with Gasteiger partial charge in [0.1, 0.15) is 12.4 Å². The molecule has 1 aromatic heterocycles. The SMILES string of the molecule is CCNC(C)c1ccc(C)cc1OCc1cncc(C)c1. The Morgan fingerprint density at radius 3 is 2.67 bits per heavy atom. The smallest absolute Gasteiger partial charge is 0.124 e. The van der Waals surface area contributed by atoms with E-state index >= 15 is 0 Å². The maximum Gasteiger partial charge on any atom is 0.124 e. The number of aryl methyl sites for hydroxylation is 2. The molecule has 0 amide bonds. The Bertz CT molecular complexity index is 596. The Morgan fingerprint density at radius 2 is 1.95 bits per heavy atom. The number of nitrogens with one attached hydrogen (secondary N) is 1. The molecule has 1 aromatic carbocycles. The number of rotatable bonds is 6. The van der Waals surface area contributed by atoms with Gasteiger partial charge in [0, 0.05) is 29.6 Å². The van der Waals surface area contributed by atoms with Crippen LogP contribution >= 0.6 is 0 Å². The maximum absolute atomic E-state index is 6.05. The van der Waals surface area contributed by atoms with E-state index in [1.165, 1.54) is 11.1 Å². The highest BCUT2D eigenvalue weighted by Crippen LogP contribution is 2.27. The Balaban J connectivity index is 2.16. The minimum atomic E-state index is 0.279. The van der Waals surface area contributed by atoms with Crippen LogP contribution in [0.1, 0.15) is 42.1 Å². The van der Waals surface area contributed by atoms with E-state index < -0.39 is 0 Å². The average Bonchev–Trinajstić information content (AvgIpc) is 2.45. The Hall–Kier alpha value is -1.87. The fourth-order valence-electron chi connectivity index (χ4n) is 2.40. The van der Waals surface area contributed by atoms with Gasteiger partial charge in [-0.05, 0) is 50.6 Å². The Morgan fingerprint density at radius 1 is 1.14 bits per heavy atom. The molecule has 0 fully saturated rings. The lowest BCUT2D eigenvalue weighted by atomic mass is 10.0. The van der Waals surface area contributed by atoms with Crippen LogP contribution in [-0.2, 0) is 6.61 Å². The van der Waals surface area contributed by atoms with Gasteiger partial charge in [0.15, 0.2) is 0 Å². The predicted octanol–water partition coefficient (Wildman–Crippen LogP) is 3.95. The molecular formula is C18H24N2O. The van der Waals surface area contributed by atoms with Crippen LogP contribution in [0, 0.1) is 13.8 Å². The van der Waals surface area contributed by atoms with Crippen molar-refractivity contribution in [3.05, 3.63) is 58.9 Å². The zero-order chi connectivity index (χ0) is 15.2. The molecular weight excluding hydrogens is 260 g/mol. The maximum atomic E-state index is 6.05. The Kier molecular flexibility index (Phi) is 5.34. The van der Waals surface area contributed by atoms with Gasteiger partial charge in [0.25, 0.3) is 0 Å². The number of benzene rings is 1. The number of hydrogen-bond donors (Lipinski definition) is 1. The first-order valence-electron chi connectivity index (χ1n) is 7.47. The first-order chi connectivity index (χ1) is 10.1. The van der Waals surface area contributed by atoms with Crippen molar-refractivity contribution in [3.8, 4) is 5.75 Å². The number of pyridine rings is 1. The van der Waals surface area contributed by atoms with E-state index in [9.17, 15) is 0 Å². The van der Waals surface area contributed by atoms with Gasteiger partial charge in [-0.15, -0.1) is 0 Å². The molecule has 1 heterocycles. The fourth-order valence-corrected chi connectivity index (χ4v) is 2.40. The second-order valence-corrected chi connectivity index (χ2v) is 5.48. The largest absolute Gasteiger partial charge is 0.488 e. The van der Waals surface area contributed by atoms with Crippen molar-refractivity contribution in [2.45, 2.75) is 40.3 Å². The molecule has 21 heavy (non-hydrogen) atoms. The fraction of sp³-hybridized carbons (Fsp3) is 0.389. The molecule has 3 heteroatoms. The first-order valence-corrected chi connectivity index (χ1v) is 7.47. The minimum Gasteiger partial charge on any atom is -0.488 e. The van der Waals surface area contributed by atoms with Crippen molar-refractivity contribution in [2.75, 3.05) is 6.54 Å². The van der Waals surface area contributed by atoms with E-state index in [4.69, 9.17) is 4.74 Å². The van der Waals surface area contributed by atoms with Gasteiger partial charge in [-0.1, -0.05) is 19.1 Å². The normalized spacial score (nSPS) is 12.2. The summed E-state index contributed by atoms with van der Waals surface area (Å²) in [6, 6.07) is 8.76. The molecule has 1 N–H and O–H groups in total. The van der Waals surface area contributed by atoms with Crippen molar-refractivity contribution in [2.24, 2.45) is 0 Å². The summed E-state index contributed by atoms with van der Waals surface area (Å²) in [4.78, 5) is 4.21. The summed E-state index contributed by atoms with van der Waals surface area (Å²) in [6.07, 6.45) is 3.71. The summed E-state index contributed by atoms with van der Waals surface area (Å²) in [6.45, 7) is 9.89. The van der Waals surface area contributed by atoms with Crippen molar-refractivity contribution < 1.29 is 4.74 Å². The summed E-state index contributed by atoms with van der Waals surface area (Å²) in [5.41, 5.74) is 4.66. The van der Waals surface area contributed by atoms with Crippen LogP contribution in [0.15, 0.2) is 36.7 Å². The number of nitrogens with zero attached hydrogens (tertiary/aromatic N) is 1. The zero-order valence-corrected chi connectivity index (χ0v) is 13.3. The average molecular weight is 284 g/mol. The van der Waals surface area contributed by atoms with Crippen molar-refractivity contribution in [1.29, 1.82) is 0 Å². The molecule has 2 aromatic rings. The molecule has 0 saturated carbocycles. The molecule has 0 spiro atoms. The molecule has 3 nitrogen and oxygen atoms in total. The molecule has 0 aliphatic carbocycles. The van der Waals surface area contributed by atoms with Crippen molar-refractivity contribution in [1.82, 2.24) is 10.3 Å². The number of ether oxygens (including phenoxy) is 1. The third-order valence-electron chi connectivity index (χ3n) is 3.47. The van der Waals surface area contributed by atoms with Crippen LogP contribution in [0.3, 0.4) is 0 Å². The standard InChI is InChI=1S/C18H24N2O/c1-5-20-15(4)17-7-6-13(2)9-18(17)21-12-16-8-14(3)10-19-11-16/h6-11,15,20H,5,12H2,1-4H3. The molecule has 0 radical (unpaired) electrons. The molecule has 112 valence electrons. The first kappa shape index (κ1) is 15.5. The van der Waals surface area contributed by atoms with Gasteiger partial charge >= 0.3 is 0 Å². The summed E-state index contributed by atoms with van der Waals surface area (Å²) >= 11 is 0. The highest BCUT2D eigenvalue weighted by molar-refractivity contribution is 5.39. The summed E-state index contributed by atoms with van der Waals surface area (Å²) in [5, 5.41) is 3.44. The quantitative estimate of drug-likeness (QED) is 0.872. The second kappa shape index (κ2) is 7.23. The molecule has 1 unspecified atom stereocenters. The molecule has 0 aliphatic rings. The van der Waals surface area contributed by atoms with Crippen LogP contribution in [-0.4, -0.2) is 11.5 Å². The summed E-state index contributed by atoms with van der Waals surface area (Å²) in [5.74, 6) is 0.949. The van der Waals surface area contributed by atoms with E-state index in [2.05, 4.69) is 55.3 Å². The van der Waals surface area contributed by atoms with Gasteiger partial charge in [0.05, 0.1) is 0 Å².